The summed E-state index contributed by atoms with van der Waals surface area (Å²) in [6.45, 7) is 3.98. The normalized spacial score (nSPS) is 13.3. The fraction of sp³-hybridized carbons (Fsp3) is 0.300. The van der Waals surface area contributed by atoms with Crippen molar-refractivity contribution in [3.05, 3.63) is 29.2 Å². The van der Waals surface area contributed by atoms with Crippen molar-refractivity contribution in [1.82, 2.24) is 4.98 Å². The third kappa shape index (κ3) is 2.08. The van der Waals surface area contributed by atoms with Crippen molar-refractivity contribution >= 4 is 22.2 Å². The van der Waals surface area contributed by atoms with Crippen LogP contribution < -0.4 is 0 Å². The largest absolute Gasteiger partial charge is 0.440 e. The first kappa shape index (κ1) is 10.3. The van der Waals surface area contributed by atoms with Crippen molar-refractivity contribution in [2.75, 3.05) is 0 Å². The van der Waals surface area contributed by atoms with Crippen LogP contribution >= 0.6 is 0 Å². The predicted octanol–water partition coefficient (Wildman–Crippen LogP) is 2.17. The van der Waals surface area contributed by atoms with Crippen LogP contribution in [0.1, 0.15) is 17.0 Å². The van der Waals surface area contributed by atoms with Gasteiger partial charge in [0.2, 0.25) is 5.89 Å². The van der Waals surface area contributed by atoms with Gasteiger partial charge in [0.1, 0.15) is 11.3 Å². The fourth-order valence-corrected chi connectivity index (χ4v) is 1.73. The molecule has 0 spiro atoms. The smallest absolute Gasteiger partial charge is 0.210 e. The number of fused-ring (bicyclic) bond motifs is 1. The van der Waals surface area contributed by atoms with E-state index in [1.165, 1.54) is 0 Å². The summed E-state index contributed by atoms with van der Waals surface area (Å²) in [6, 6.07) is 3.80. The van der Waals surface area contributed by atoms with Crippen LogP contribution in [0.5, 0.6) is 0 Å². The van der Waals surface area contributed by atoms with Crippen molar-refractivity contribution in [1.29, 1.82) is 0 Å². The topological polar surface area (TPSA) is 63.3 Å². The molecule has 1 atom stereocenters. The third-order valence-electron chi connectivity index (χ3n) is 2.30. The fourth-order valence-electron chi connectivity index (χ4n) is 1.40. The maximum atomic E-state index is 10.6. The van der Waals surface area contributed by atoms with Crippen LogP contribution in [0.15, 0.2) is 16.5 Å². The monoisotopic (exact) mass is 225 g/mol. The van der Waals surface area contributed by atoms with Crippen molar-refractivity contribution in [2.24, 2.45) is 0 Å². The molecule has 80 valence electrons. The van der Waals surface area contributed by atoms with Gasteiger partial charge in [-0.25, -0.2) is 9.19 Å². The number of aromatic nitrogens is 1. The van der Waals surface area contributed by atoms with E-state index in [0.29, 0.717) is 11.5 Å². The van der Waals surface area contributed by atoms with E-state index in [2.05, 4.69) is 4.98 Å². The Morgan fingerprint density at radius 1 is 1.40 bits per heavy atom. The van der Waals surface area contributed by atoms with Gasteiger partial charge in [-0.15, -0.1) is 0 Å². The van der Waals surface area contributed by atoms with E-state index >= 15 is 0 Å². The molecule has 0 aliphatic carbocycles. The van der Waals surface area contributed by atoms with Gasteiger partial charge in [0.25, 0.3) is 0 Å². The highest BCUT2D eigenvalue weighted by Gasteiger charge is 2.09. The summed E-state index contributed by atoms with van der Waals surface area (Å²) < 4.78 is 24.7. The number of hydrogen-bond donors (Lipinski definition) is 1. The molecule has 0 bridgehead atoms. The van der Waals surface area contributed by atoms with Crippen molar-refractivity contribution in [3.8, 4) is 0 Å². The number of nitrogens with zero attached hydrogens (tertiary/aromatic N) is 1. The van der Waals surface area contributed by atoms with E-state index in [-0.39, 0.29) is 5.75 Å². The number of oxazole rings is 1. The Bertz CT molecular complexity index is 494. The number of aryl methyl sites for hydroxylation is 2. The van der Waals surface area contributed by atoms with Crippen LogP contribution in [0.25, 0.3) is 11.1 Å². The van der Waals surface area contributed by atoms with Crippen molar-refractivity contribution in [2.45, 2.75) is 19.6 Å². The van der Waals surface area contributed by atoms with Gasteiger partial charge in [0.15, 0.2) is 16.7 Å². The van der Waals surface area contributed by atoms with Crippen LogP contribution in [0, 0.1) is 13.8 Å². The highest BCUT2D eigenvalue weighted by molar-refractivity contribution is 7.78. The summed E-state index contributed by atoms with van der Waals surface area (Å²) in [6.07, 6.45) is 0. The molecule has 1 N–H and O–H groups in total. The Balaban J connectivity index is 2.51. The van der Waals surface area contributed by atoms with E-state index in [1.54, 1.807) is 0 Å². The van der Waals surface area contributed by atoms with Gasteiger partial charge in [0.05, 0.1) is 0 Å². The highest BCUT2D eigenvalue weighted by atomic mass is 32.2. The number of benzene rings is 1. The standard InChI is InChI=1S/C10H11NO3S/c1-6-3-8-9(4-7(6)2)14-10(11-8)5-15(12)13/h3-4H,5H2,1-2H3,(H,12,13). The van der Waals surface area contributed by atoms with Crippen molar-refractivity contribution in [3.63, 3.8) is 0 Å². The Kier molecular flexibility index (Phi) is 2.58. The molecule has 0 amide bonds. The SMILES string of the molecule is Cc1cc2nc(CS(=O)O)oc2cc1C. The van der Waals surface area contributed by atoms with Crippen LogP contribution in [-0.4, -0.2) is 13.7 Å². The molecule has 0 saturated carbocycles. The molecule has 1 aromatic carbocycles. The molecule has 5 heteroatoms. The first-order chi connectivity index (χ1) is 7.06. The van der Waals surface area contributed by atoms with Gasteiger partial charge < -0.3 is 8.97 Å². The second kappa shape index (κ2) is 3.75. The number of rotatable bonds is 2. The van der Waals surface area contributed by atoms with Gasteiger partial charge >= 0.3 is 0 Å². The Morgan fingerprint density at radius 2 is 2.07 bits per heavy atom. The van der Waals surface area contributed by atoms with E-state index in [1.807, 2.05) is 26.0 Å². The Labute approximate surface area is 89.6 Å². The van der Waals surface area contributed by atoms with E-state index in [4.69, 9.17) is 8.97 Å². The summed E-state index contributed by atoms with van der Waals surface area (Å²) >= 11 is -1.91. The highest BCUT2D eigenvalue weighted by Crippen LogP contribution is 2.20. The van der Waals surface area contributed by atoms with Crippen molar-refractivity contribution < 1.29 is 13.2 Å². The lowest BCUT2D eigenvalue weighted by atomic mass is 10.1. The second-order valence-corrected chi connectivity index (χ2v) is 4.41. The minimum absolute atomic E-state index is 0.0627. The molecule has 2 rings (SSSR count). The first-order valence-electron chi connectivity index (χ1n) is 4.50. The van der Waals surface area contributed by atoms with Gasteiger partial charge in [-0.05, 0) is 37.1 Å². The van der Waals surface area contributed by atoms with Crippen LogP contribution in [0.4, 0.5) is 0 Å². The lowest BCUT2D eigenvalue weighted by molar-refractivity contribution is 0.527. The molecule has 0 aliphatic heterocycles. The molecule has 1 unspecified atom stereocenters. The molecular weight excluding hydrogens is 214 g/mol. The molecule has 2 aromatic rings. The molecule has 4 nitrogen and oxygen atoms in total. The third-order valence-corrected chi connectivity index (χ3v) is 2.79. The van der Waals surface area contributed by atoms with Gasteiger partial charge in [0, 0.05) is 0 Å². The molecule has 0 radical (unpaired) electrons. The van der Waals surface area contributed by atoms with E-state index < -0.39 is 11.1 Å². The summed E-state index contributed by atoms with van der Waals surface area (Å²) in [4.78, 5) is 4.14. The lowest BCUT2D eigenvalue weighted by Gasteiger charge is -1.96. The summed E-state index contributed by atoms with van der Waals surface area (Å²) in [5.74, 6) is 0.239. The zero-order valence-electron chi connectivity index (χ0n) is 8.48. The summed E-state index contributed by atoms with van der Waals surface area (Å²) in [5, 5.41) is 0. The van der Waals surface area contributed by atoms with Crippen LogP contribution in [0.3, 0.4) is 0 Å². The second-order valence-electron chi connectivity index (χ2n) is 3.48. The molecule has 0 fully saturated rings. The van der Waals surface area contributed by atoms with Gasteiger partial charge in [-0.3, -0.25) is 0 Å². The van der Waals surface area contributed by atoms with Gasteiger partial charge in [-0.2, -0.15) is 0 Å². The molecule has 1 heterocycles. The molecular formula is C10H11NO3S. The number of hydrogen-bond acceptors (Lipinski definition) is 3. The Hall–Kier alpha value is -1.20. The predicted molar refractivity (Wildman–Crippen MR) is 58.0 cm³/mol. The van der Waals surface area contributed by atoms with Gasteiger partial charge in [-0.1, -0.05) is 0 Å². The average molecular weight is 225 g/mol. The molecule has 1 aromatic heterocycles. The minimum atomic E-state index is -1.91. The quantitative estimate of drug-likeness (QED) is 0.795. The average Bonchev–Trinajstić information content (AvgIpc) is 2.46. The minimum Gasteiger partial charge on any atom is -0.440 e. The zero-order valence-corrected chi connectivity index (χ0v) is 9.30. The van der Waals surface area contributed by atoms with E-state index in [0.717, 1.165) is 16.6 Å². The zero-order chi connectivity index (χ0) is 11.0. The molecule has 15 heavy (non-hydrogen) atoms. The lowest BCUT2D eigenvalue weighted by Crippen LogP contribution is -1.92. The van der Waals surface area contributed by atoms with Crippen LogP contribution in [0.2, 0.25) is 0 Å². The summed E-state index contributed by atoms with van der Waals surface area (Å²) in [7, 11) is 0. The Morgan fingerprint density at radius 3 is 2.73 bits per heavy atom. The summed E-state index contributed by atoms with van der Waals surface area (Å²) in [5.41, 5.74) is 3.65. The maximum absolute atomic E-state index is 10.6. The van der Waals surface area contributed by atoms with E-state index in [9.17, 15) is 4.21 Å². The molecule has 0 saturated heterocycles. The van der Waals surface area contributed by atoms with Crippen LogP contribution in [-0.2, 0) is 16.8 Å². The first-order valence-corrected chi connectivity index (χ1v) is 5.78. The maximum Gasteiger partial charge on any atom is 0.210 e. The molecule has 0 aliphatic rings.